The number of benzene rings is 1. The zero-order valence-electron chi connectivity index (χ0n) is 17.8. The summed E-state index contributed by atoms with van der Waals surface area (Å²) in [5.74, 6) is 0.888. The lowest BCUT2D eigenvalue weighted by molar-refractivity contribution is 0.0757. The van der Waals surface area contributed by atoms with E-state index in [-0.39, 0.29) is 47.4 Å². The monoisotopic (exact) mass is 447 g/mol. The Labute approximate surface area is 180 Å². The molecule has 0 bridgehead atoms. The summed E-state index contributed by atoms with van der Waals surface area (Å²) in [6.07, 6.45) is 0.470. The number of ether oxygens (including phenoxy) is 2. The molecule has 3 heterocycles. The number of amides is 2. The molecule has 2 aliphatic heterocycles. The van der Waals surface area contributed by atoms with Crippen molar-refractivity contribution in [3.63, 3.8) is 0 Å². The molecule has 2 aliphatic rings. The van der Waals surface area contributed by atoms with Crippen LogP contribution in [0, 0.1) is 0 Å². The highest BCUT2D eigenvalue weighted by Gasteiger charge is 2.28. The van der Waals surface area contributed by atoms with Crippen molar-refractivity contribution in [2.24, 2.45) is 4.36 Å². The van der Waals surface area contributed by atoms with Gasteiger partial charge in [-0.25, -0.2) is 4.21 Å². The van der Waals surface area contributed by atoms with E-state index in [9.17, 15) is 13.8 Å². The molecule has 1 atom stereocenters. The molecule has 1 aromatic heterocycles. The zero-order valence-corrected chi connectivity index (χ0v) is 18.6. The SMILES string of the molecule is CC(C)(C)c1cc(C(=O)N2CCCS(=O)(=NC(=O)c3cccc4c3OCO4)CC2)no1. The molecule has 1 aromatic carbocycles. The third-order valence-electron chi connectivity index (χ3n) is 5.20. The van der Waals surface area contributed by atoms with E-state index in [1.54, 1.807) is 29.2 Å². The fourth-order valence-electron chi connectivity index (χ4n) is 3.43. The van der Waals surface area contributed by atoms with Crippen molar-refractivity contribution in [3.05, 3.63) is 41.3 Å². The van der Waals surface area contributed by atoms with Crippen LogP contribution < -0.4 is 9.47 Å². The van der Waals surface area contributed by atoms with Crippen LogP contribution >= 0.6 is 0 Å². The number of aromatic nitrogens is 1. The normalized spacial score (nSPS) is 20.9. The van der Waals surface area contributed by atoms with E-state index in [2.05, 4.69) is 9.52 Å². The van der Waals surface area contributed by atoms with Gasteiger partial charge in [-0.15, -0.1) is 0 Å². The lowest BCUT2D eigenvalue weighted by Crippen LogP contribution is -2.33. The first-order valence-corrected chi connectivity index (χ1v) is 11.9. The topological polar surface area (TPSA) is 111 Å². The maximum atomic E-state index is 13.3. The summed E-state index contributed by atoms with van der Waals surface area (Å²) in [6, 6.07) is 6.59. The second-order valence-electron chi connectivity index (χ2n) is 8.59. The van der Waals surface area contributed by atoms with Gasteiger partial charge in [0.05, 0.1) is 15.3 Å². The summed E-state index contributed by atoms with van der Waals surface area (Å²) in [7, 11) is -2.82. The minimum absolute atomic E-state index is 0.0328. The van der Waals surface area contributed by atoms with Gasteiger partial charge < -0.3 is 18.9 Å². The van der Waals surface area contributed by atoms with Gasteiger partial charge in [0.15, 0.2) is 17.2 Å². The standard InChI is InChI=1S/C21H25N3O6S/c1-21(2,3)17-12-15(22-30-17)20(26)24-8-5-10-31(27,11-9-24)23-19(25)14-6-4-7-16-18(14)29-13-28-16/h4,6-7,12H,5,8-11,13H2,1-3H3. The molecule has 4 rings (SSSR count). The van der Waals surface area contributed by atoms with Crippen molar-refractivity contribution in [3.8, 4) is 11.5 Å². The van der Waals surface area contributed by atoms with Crippen LogP contribution in [0.15, 0.2) is 33.2 Å². The molecule has 0 N–H and O–H groups in total. The fourth-order valence-corrected chi connectivity index (χ4v) is 5.31. The van der Waals surface area contributed by atoms with E-state index < -0.39 is 15.6 Å². The maximum Gasteiger partial charge on any atom is 0.289 e. The van der Waals surface area contributed by atoms with E-state index in [1.165, 1.54) is 0 Å². The number of hydrogen-bond donors (Lipinski definition) is 0. The van der Waals surface area contributed by atoms with Crippen LogP contribution in [0.25, 0.3) is 0 Å². The quantitative estimate of drug-likeness (QED) is 0.696. The number of fused-ring (bicyclic) bond motifs is 1. The van der Waals surface area contributed by atoms with Gasteiger partial charge in [-0.05, 0) is 18.6 Å². The zero-order chi connectivity index (χ0) is 22.2. The molecule has 0 spiro atoms. The Morgan fingerprint density at radius 2 is 1.97 bits per heavy atom. The summed E-state index contributed by atoms with van der Waals surface area (Å²) in [5, 5.41) is 3.91. The molecule has 1 fully saturated rings. The lowest BCUT2D eigenvalue weighted by Gasteiger charge is -2.18. The predicted octanol–water partition coefficient (Wildman–Crippen LogP) is 2.86. The van der Waals surface area contributed by atoms with Gasteiger partial charge in [0, 0.05) is 36.1 Å². The van der Waals surface area contributed by atoms with Crippen molar-refractivity contribution >= 4 is 21.5 Å². The first-order valence-electron chi connectivity index (χ1n) is 10.1. The molecule has 1 unspecified atom stereocenters. The molecule has 2 amide bonds. The minimum atomic E-state index is -2.82. The van der Waals surface area contributed by atoms with E-state index in [4.69, 9.17) is 14.0 Å². The molecule has 166 valence electrons. The Hall–Kier alpha value is -2.88. The van der Waals surface area contributed by atoms with Gasteiger partial charge in [-0.3, -0.25) is 9.59 Å². The molecule has 1 saturated heterocycles. The van der Waals surface area contributed by atoms with Crippen molar-refractivity contribution in [1.29, 1.82) is 0 Å². The van der Waals surface area contributed by atoms with E-state index in [1.807, 2.05) is 20.8 Å². The van der Waals surface area contributed by atoms with Crippen LogP contribution in [-0.4, -0.2) is 57.5 Å². The third-order valence-corrected chi connectivity index (χ3v) is 7.45. The Morgan fingerprint density at radius 3 is 2.71 bits per heavy atom. The Bertz CT molecular complexity index is 1140. The van der Waals surface area contributed by atoms with E-state index in [0.717, 1.165) is 0 Å². The van der Waals surface area contributed by atoms with Crippen LogP contribution in [0.3, 0.4) is 0 Å². The first kappa shape index (κ1) is 21.4. The van der Waals surface area contributed by atoms with Crippen molar-refractivity contribution in [1.82, 2.24) is 10.1 Å². The highest BCUT2D eigenvalue weighted by atomic mass is 32.2. The maximum absolute atomic E-state index is 13.3. The summed E-state index contributed by atoms with van der Waals surface area (Å²) in [4.78, 5) is 27.2. The Morgan fingerprint density at radius 1 is 1.16 bits per heavy atom. The summed E-state index contributed by atoms with van der Waals surface area (Å²) >= 11 is 0. The summed E-state index contributed by atoms with van der Waals surface area (Å²) in [6.45, 7) is 6.58. The number of nitrogens with zero attached hydrogens (tertiary/aromatic N) is 3. The van der Waals surface area contributed by atoms with Crippen LogP contribution in [0.1, 0.15) is 53.8 Å². The average Bonchev–Trinajstić information content (AvgIpc) is 3.35. The number of hydrogen-bond acceptors (Lipinski definition) is 7. The molecule has 9 nitrogen and oxygen atoms in total. The number of rotatable bonds is 2. The van der Waals surface area contributed by atoms with Crippen LogP contribution in [0.4, 0.5) is 0 Å². The second-order valence-corrected chi connectivity index (χ2v) is 11.1. The minimum Gasteiger partial charge on any atom is -0.454 e. The first-order chi connectivity index (χ1) is 14.7. The second kappa shape index (κ2) is 7.99. The Kier molecular flexibility index (Phi) is 5.50. The van der Waals surface area contributed by atoms with E-state index >= 15 is 0 Å². The molecule has 2 aromatic rings. The lowest BCUT2D eigenvalue weighted by atomic mass is 9.93. The van der Waals surface area contributed by atoms with Crippen molar-refractivity contribution in [2.75, 3.05) is 31.4 Å². The molecule has 0 saturated carbocycles. The summed E-state index contributed by atoms with van der Waals surface area (Å²) < 4.78 is 33.3. The van der Waals surface area contributed by atoms with Gasteiger partial charge in [0.25, 0.3) is 11.8 Å². The van der Waals surface area contributed by atoms with Crippen molar-refractivity contribution < 1.29 is 27.8 Å². The van der Waals surface area contributed by atoms with Gasteiger partial charge in [-0.2, -0.15) is 4.36 Å². The highest BCUT2D eigenvalue weighted by Crippen LogP contribution is 2.35. The molecule has 31 heavy (non-hydrogen) atoms. The number of carbonyl (C=O) groups is 2. The molecule has 0 aliphatic carbocycles. The predicted molar refractivity (Wildman–Crippen MR) is 113 cm³/mol. The molecule has 10 heteroatoms. The van der Waals surface area contributed by atoms with E-state index in [0.29, 0.717) is 30.2 Å². The smallest absolute Gasteiger partial charge is 0.289 e. The number of para-hydroxylation sites is 1. The van der Waals surface area contributed by atoms with Gasteiger partial charge in [0.1, 0.15) is 5.76 Å². The summed E-state index contributed by atoms with van der Waals surface area (Å²) in [5.41, 5.74) is 0.195. The van der Waals surface area contributed by atoms with Crippen molar-refractivity contribution in [2.45, 2.75) is 32.6 Å². The Balaban J connectivity index is 1.50. The number of carbonyl (C=O) groups excluding carboxylic acids is 2. The fraction of sp³-hybridized carbons (Fsp3) is 0.476. The van der Waals surface area contributed by atoms with Crippen LogP contribution in [0.2, 0.25) is 0 Å². The third kappa shape index (κ3) is 4.43. The van der Waals surface area contributed by atoms with Gasteiger partial charge in [0.2, 0.25) is 6.79 Å². The highest BCUT2D eigenvalue weighted by molar-refractivity contribution is 7.93. The van der Waals surface area contributed by atoms with Crippen LogP contribution in [-0.2, 0) is 15.1 Å². The molecular formula is C21H25N3O6S. The van der Waals surface area contributed by atoms with Gasteiger partial charge in [-0.1, -0.05) is 32.0 Å². The largest absolute Gasteiger partial charge is 0.454 e. The average molecular weight is 448 g/mol. The van der Waals surface area contributed by atoms with Gasteiger partial charge >= 0.3 is 0 Å². The van der Waals surface area contributed by atoms with Crippen LogP contribution in [0.5, 0.6) is 11.5 Å². The molecule has 0 radical (unpaired) electrons. The molecular weight excluding hydrogens is 422 g/mol.